The van der Waals surface area contributed by atoms with Crippen LogP contribution < -0.4 is 5.56 Å². The van der Waals surface area contributed by atoms with Crippen molar-refractivity contribution in [1.29, 1.82) is 0 Å². The molecule has 0 unspecified atom stereocenters. The lowest BCUT2D eigenvalue weighted by molar-refractivity contribution is -0.127. The maximum Gasteiger partial charge on any atom is 0.258 e. The van der Waals surface area contributed by atoms with Gasteiger partial charge in [0.2, 0.25) is 5.91 Å². The highest BCUT2D eigenvalue weighted by Gasteiger charge is 2.16. The fraction of sp³-hybridized carbons (Fsp3) is 0.333. The molecule has 0 N–H and O–H groups in total. The van der Waals surface area contributed by atoms with Gasteiger partial charge in [-0.2, -0.15) is 0 Å². The number of imidazole rings is 1. The lowest BCUT2D eigenvalue weighted by Crippen LogP contribution is -2.28. The Morgan fingerprint density at radius 3 is 2.89 bits per heavy atom. The average Bonchev–Trinajstić information content (AvgIpc) is 3.31. The minimum atomic E-state index is -0.0865. The molecule has 0 fully saturated rings. The van der Waals surface area contributed by atoms with Crippen LogP contribution in [-0.4, -0.2) is 42.4 Å². The number of hydrogen-bond donors (Lipinski definition) is 0. The third-order valence-corrected chi connectivity index (χ3v) is 6.99. The third kappa shape index (κ3) is 3.71. The minimum Gasteiger partial charge on any atom is -0.339 e. The van der Waals surface area contributed by atoms with Crippen molar-refractivity contribution in [1.82, 2.24) is 23.7 Å². The minimum absolute atomic E-state index is 0.0419. The number of fused-ring (bicyclic) bond motifs is 2. The molecule has 4 aromatic heterocycles. The van der Waals surface area contributed by atoms with Gasteiger partial charge in [-0.05, 0) is 13.8 Å². The molecule has 0 aliphatic carbocycles. The number of rotatable bonds is 6. The Hall–Kier alpha value is -2.17. The zero-order valence-electron chi connectivity index (χ0n) is 15.7. The number of amides is 1. The van der Waals surface area contributed by atoms with E-state index in [2.05, 4.69) is 27.5 Å². The van der Waals surface area contributed by atoms with E-state index in [-0.39, 0.29) is 11.5 Å². The van der Waals surface area contributed by atoms with E-state index in [0.717, 1.165) is 16.3 Å². The van der Waals surface area contributed by atoms with Crippen molar-refractivity contribution in [3.63, 3.8) is 0 Å². The monoisotopic (exact) mass is 433 g/mol. The Morgan fingerprint density at radius 2 is 2.07 bits per heavy atom. The summed E-state index contributed by atoms with van der Waals surface area (Å²) in [6.07, 6.45) is 3.78. The molecule has 0 spiro atoms. The molecule has 0 atom stereocenters. The summed E-state index contributed by atoms with van der Waals surface area (Å²) in [5, 5.41) is 1.84. The second-order valence-corrected chi connectivity index (χ2v) is 9.59. The van der Waals surface area contributed by atoms with Crippen molar-refractivity contribution >= 4 is 50.3 Å². The molecule has 0 radical (unpaired) electrons. The molecule has 28 heavy (non-hydrogen) atoms. The number of carbonyl (C=O) groups excluding carboxylic acids is 1. The fourth-order valence-corrected chi connectivity index (χ4v) is 5.41. The van der Waals surface area contributed by atoms with Crippen LogP contribution >= 0.6 is 34.4 Å². The van der Waals surface area contributed by atoms with Gasteiger partial charge in [-0.25, -0.2) is 9.97 Å². The van der Waals surface area contributed by atoms with Gasteiger partial charge >= 0.3 is 0 Å². The second kappa shape index (κ2) is 7.69. The maximum absolute atomic E-state index is 12.5. The first-order valence-corrected chi connectivity index (χ1v) is 11.5. The molecule has 0 saturated carbocycles. The number of aryl methyl sites for hydroxylation is 2. The first-order chi connectivity index (χ1) is 13.4. The summed E-state index contributed by atoms with van der Waals surface area (Å²) in [5.74, 6) is 0.911. The molecule has 1 amide bonds. The molecule has 7 nitrogen and oxygen atoms in total. The molecule has 4 aromatic rings. The average molecular weight is 434 g/mol. The Bertz CT molecular complexity index is 1220. The van der Waals surface area contributed by atoms with Crippen molar-refractivity contribution < 1.29 is 4.79 Å². The van der Waals surface area contributed by atoms with Crippen molar-refractivity contribution in [3.05, 3.63) is 56.2 Å². The van der Waals surface area contributed by atoms with Gasteiger partial charge in [0.15, 0.2) is 9.92 Å². The Kier molecular flexibility index (Phi) is 5.26. The molecule has 0 bridgehead atoms. The summed E-state index contributed by atoms with van der Waals surface area (Å²) < 4.78 is 3.60. The van der Waals surface area contributed by atoms with Crippen LogP contribution in [0.4, 0.5) is 0 Å². The number of thioether (sulfide) groups is 1. The quantitative estimate of drug-likeness (QED) is 0.467. The van der Waals surface area contributed by atoms with E-state index in [9.17, 15) is 9.59 Å². The summed E-state index contributed by atoms with van der Waals surface area (Å²) in [6.45, 7) is 4.54. The third-order valence-electron chi connectivity index (χ3n) is 4.39. The molecular formula is C18H19N5O2S3. The van der Waals surface area contributed by atoms with E-state index in [4.69, 9.17) is 0 Å². The lowest BCUT2D eigenvalue weighted by Gasteiger charge is -2.17. The van der Waals surface area contributed by atoms with Crippen LogP contribution in [0.15, 0.2) is 28.6 Å². The number of nitrogens with zero attached hydrogens (tertiary/aromatic N) is 5. The Labute approximate surface area is 173 Å². The van der Waals surface area contributed by atoms with E-state index in [1.165, 1.54) is 38.4 Å². The molecular weight excluding hydrogens is 414 g/mol. The van der Waals surface area contributed by atoms with Crippen LogP contribution in [0.5, 0.6) is 0 Å². The van der Waals surface area contributed by atoms with Gasteiger partial charge in [0.25, 0.3) is 5.56 Å². The van der Waals surface area contributed by atoms with Crippen molar-refractivity contribution in [3.8, 4) is 0 Å². The molecule has 0 saturated heterocycles. The molecule has 10 heteroatoms. The predicted octanol–water partition coefficient (Wildman–Crippen LogP) is 2.97. The van der Waals surface area contributed by atoms with Crippen LogP contribution in [0.3, 0.4) is 0 Å². The van der Waals surface area contributed by atoms with Gasteiger partial charge in [0.05, 0.1) is 29.4 Å². The van der Waals surface area contributed by atoms with Crippen LogP contribution in [0.1, 0.15) is 22.0 Å². The lowest BCUT2D eigenvalue weighted by atomic mass is 10.3. The molecule has 0 aromatic carbocycles. The van der Waals surface area contributed by atoms with Crippen LogP contribution in [0.2, 0.25) is 0 Å². The molecule has 0 aliphatic heterocycles. The molecule has 4 heterocycles. The standard InChI is InChI=1S/C18H19N5O2S3/c1-11-7-23-14(12(2)19-18(23)28-11)8-21(3)16(25)10-26-9-13-6-15(24)22-4-5-27-17(22)20-13/h4-7H,8-10H2,1-3H3. The van der Waals surface area contributed by atoms with E-state index in [1.54, 1.807) is 22.4 Å². The summed E-state index contributed by atoms with van der Waals surface area (Å²) in [4.78, 5) is 38.2. The first-order valence-electron chi connectivity index (χ1n) is 8.64. The van der Waals surface area contributed by atoms with Gasteiger partial charge in [-0.3, -0.25) is 18.4 Å². The van der Waals surface area contributed by atoms with Gasteiger partial charge in [0, 0.05) is 41.5 Å². The van der Waals surface area contributed by atoms with Crippen molar-refractivity contribution in [2.45, 2.75) is 26.1 Å². The summed E-state index contributed by atoms with van der Waals surface area (Å²) in [7, 11) is 1.81. The van der Waals surface area contributed by atoms with Crippen molar-refractivity contribution in [2.24, 2.45) is 0 Å². The summed E-state index contributed by atoms with van der Waals surface area (Å²) >= 11 is 4.54. The zero-order valence-corrected chi connectivity index (χ0v) is 18.2. The Balaban J connectivity index is 1.37. The zero-order chi connectivity index (χ0) is 19.8. The highest BCUT2D eigenvalue weighted by atomic mass is 32.2. The highest BCUT2D eigenvalue weighted by Crippen LogP contribution is 2.22. The first kappa shape index (κ1) is 19.2. The number of aromatic nitrogens is 4. The normalized spacial score (nSPS) is 11.5. The molecule has 146 valence electrons. The fourth-order valence-electron chi connectivity index (χ4n) is 2.93. The second-order valence-electron chi connectivity index (χ2n) is 6.52. The molecule has 0 aliphatic rings. The van der Waals surface area contributed by atoms with Crippen LogP contribution in [0.25, 0.3) is 9.92 Å². The van der Waals surface area contributed by atoms with Gasteiger partial charge in [-0.1, -0.05) is 0 Å². The largest absolute Gasteiger partial charge is 0.339 e. The summed E-state index contributed by atoms with van der Waals surface area (Å²) in [5.41, 5.74) is 2.61. The van der Waals surface area contributed by atoms with Gasteiger partial charge in [0.1, 0.15) is 0 Å². The SMILES string of the molecule is Cc1cn2c(CN(C)C(=O)CSCc3cc(=O)n4ccsc4n3)c(C)nc2s1. The Morgan fingerprint density at radius 1 is 1.25 bits per heavy atom. The molecule has 4 rings (SSSR count). The van der Waals surface area contributed by atoms with Crippen LogP contribution in [-0.2, 0) is 17.1 Å². The van der Waals surface area contributed by atoms with E-state index in [1.807, 2.05) is 19.4 Å². The predicted molar refractivity (Wildman–Crippen MR) is 115 cm³/mol. The van der Waals surface area contributed by atoms with E-state index < -0.39 is 0 Å². The van der Waals surface area contributed by atoms with E-state index in [0.29, 0.717) is 28.7 Å². The maximum atomic E-state index is 12.5. The van der Waals surface area contributed by atoms with Gasteiger partial charge in [-0.15, -0.1) is 34.4 Å². The van der Waals surface area contributed by atoms with E-state index >= 15 is 0 Å². The van der Waals surface area contributed by atoms with Gasteiger partial charge < -0.3 is 4.90 Å². The number of hydrogen-bond acceptors (Lipinski definition) is 7. The van der Waals surface area contributed by atoms with Crippen LogP contribution in [0, 0.1) is 13.8 Å². The van der Waals surface area contributed by atoms with Crippen molar-refractivity contribution in [2.75, 3.05) is 12.8 Å². The summed E-state index contributed by atoms with van der Waals surface area (Å²) in [6, 6.07) is 1.53. The smallest absolute Gasteiger partial charge is 0.258 e. The highest BCUT2D eigenvalue weighted by molar-refractivity contribution is 7.99. The number of carbonyl (C=O) groups is 1. The number of thiazole rings is 2. The topological polar surface area (TPSA) is 72.0 Å².